The van der Waals surface area contributed by atoms with Gasteiger partial charge in [0.15, 0.2) is 0 Å². The molecule has 0 aromatic rings. The minimum absolute atomic E-state index is 0.464. The van der Waals surface area contributed by atoms with Gasteiger partial charge in [-0.25, -0.2) is 4.79 Å². The van der Waals surface area contributed by atoms with Crippen LogP contribution in [0.2, 0.25) is 0 Å². The Labute approximate surface area is 75.0 Å². The number of nitrogens with two attached hydrogens (primary N) is 2. The first-order valence-electron chi connectivity index (χ1n) is 3.52. The van der Waals surface area contributed by atoms with E-state index < -0.39 is 18.2 Å². The second kappa shape index (κ2) is 8.75. The normalized spacial score (nSPS) is 10.9. The van der Waals surface area contributed by atoms with E-state index in [0.717, 1.165) is 0 Å². The molecular formula is C6H14N2O5. The summed E-state index contributed by atoms with van der Waals surface area (Å²) in [6.45, 7) is 0.501. The number of carboxylic acids is 1. The molecule has 0 bridgehead atoms. The molecule has 1 unspecified atom stereocenters. The molecule has 0 aromatic carbocycles. The minimum Gasteiger partial charge on any atom is -0.480 e. The molecule has 0 saturated heterocycles. The van der Waals surface area contributed by atoms with E-state index in [4.69, 9.17) is 31.6 Å². The molecule has 1 atom stereocenters. The summed E-state index contributed by atoms with van der Waals surface area (Å²) in [5.74, 6) is -0.955. The fourth-order valence-corrected chi connectivity index (χ4v) is 0.461. The van der Waals surface area contributed by atoms with Crippen molar-refractivity contribution in [3.63, 3.8) is 0 Å². The molecule has 0 aliphatic carbocycles. The summed E-state index contributed by atoms with van der Waals surface area (Å²) < 4.78 is 0. The van der Waals surface area contributed by atoms with Crippen molar-refractivity contribution in [2.75, 3.05) is 6.54 Å². The lowest BCUT2D eigenvalue weighted by molar-refractivity contribution is -0.138. The molecule has 0 radical (unpaired) electrons. The van der Waals surface area contributed by atoms with E-state index in [1.807, 2.05) is 0 Å². The number of carboxylic acid groups (broad SMARTS) is 3. The van der Waals surface area contributed by atoms with Crippen LogP contribution in [0.1, 0.15) is 12.8 Å². The molecule has 0 heterocycles. The predicted molar refractivity (Wildman–Crippen MR) is 44.6 cm³/mol. The van der Waals surface area contributed by atoms with Crippen LogP contribution in [0.3, 0.4) is 0 Å². The first kappa shape index (κ1) is 14.2. The van der Waals surface area contributed by atoms with Crippen LogP contribution in [0.4, 0.5) is 4.79 Å². The van der Waals surface area contributed by atoms with E-state index >= 15 is 0 Å². The molecule has 0 amide bonds. The Morgan fingerprint density at radius 1 is 1.23 bits per heavy atom. The van der Waals surface area contributed by atoms with Crippen LogP contribution >= 0.6 is 0 Å². The second-order valence-corrected chi connectivity index (χ2v) is 2.16. The number of aliphatic carboxylic acids is 1. The zero-order valence-electron chi connectivity index (χ0n) is 7.01. The van der Waals surface area contributed by atoms with Gasteiger partial charge in [0.2, 0.25) is 0 Å². The zero-order chi connectivity index (χ0) is 10.9. The van der Waals surface area contributed by atoms with E-state index in [2.05, 4.69) is 0 Å². The van der Waals surface area contributed by atoms with Crippen molar-refractivity contribution in [1.29, 1.82) is 0 Å². The lowest BCUT2D eigenvalue weighted by atomic mass is 10.2. The van der Waals surface area contributed by atoms with Gasteiger partial charge in [0.25, 0.3) is 0 Å². The van der Waals surface area contributed by atoms with Crippen molar-refractivity contribution in [2.45, 2.75) is 18.9 Å². The van der Waals surface area contributed by atoms with Gasteiger partial charge in [-0.1, -0.05) is 0 Å². The number of rotatable bonds is 4. The van der Waals surface area contributed by atoms with Gasteiger partial charge in [0.1, 0.15) is 6.04 Å². The van der Waals surface area contributed by atoms with Gasteiger partial charge < -0.3 is 26.8 Å². The summed E-state index contributed by atoms with van der Waals surface area (Å²) in [4.78, 5) is 18.6. The summed E-state index contributed by atoms with van der Waals surface area (Å²) in [6, 6.07) is -0.742. The maximum absolute atomic E-state index is 10.0. The van der Waals surface area contributed by atoms with Crippen molar-refractivity contribution in [2.24, 2.45) is 11.5 Å². The van der Waals surface area contributed by atoms with Crippen LogP contribution in [-0.2, 0) is 4.79 Å². The van der Waals surface area contributed by atoms with Crippen LogP contribution in [0.15, 0.2) is 0 Å². The molecule has 0 aromatic heterocycles. The Morgan fingerprint density at radius 2 is 1.62 bits per heavy atom. The van der Waals surface area contributed by atoms with Gasteiger partial charge >= 0.3 is 12.1 Å². The van der Waals surface area contributed by atoms with Gasteiger partial charge in [-0.3, -0.25) is 4.79 Å². The molecule has 0 fully saturated rings. The topological polar surface area (TPSA) is 147 Å². The Bertz CT molecular complexity index is 157. The van der Waals surface area contributed by atoms with Crippen molar-refractivity contribution in [3.05, 3.63) is 0 Å². The van der Waals surface area contributed by atoms with Gasteiger partial charge in [-0.05, 0) is 19.4 Å². The fraction of sp³-hybridized carbons (Fsp3) is 0.667. The van der Waals surface area contributed by atoms with Crippen molar-refractivity contribution < 1.29 is 24.9 Å². The molecule has 0 rings (SSSR count). The summed E-state index contributed by atoms with van der Waals surface area (Å²) in [5.41, 5.74) is 10.3. The molecule has 0 spiro atoms. The Hall–Kier alpha value is -1.34. The average Bonchev–Trinajstić information content (AvgIpc) is 1.98. The standard InChI is InChI=1S/C5H12N2O2.CH2O3/c6-3-1-2-4(7)5(8)9;2-1(3)4/h4H,1-3,6-7H2,(H,8,9);(H2,2,3,4). The van der Waals surface area contributed by atoms with Gasteiger partial charge in [0.05, 0.1) is 0 Å². The number of hydrogen-bond acceptors (Lipinski definition) is 4. The van der Waals surface area contributed by atoms with Crippen molar-refractivity contribution >= 4 is 12.1 Å². The first-order valence-corrected chi connectivity index (χ1v) is 3.52. The number of hydrogen-bond donors (Lipinski definition) is 5. The molecule has 7 N–H and O–H groups in total. The Morgan fingerprint density at radius 3 is 1.85 bits per heavy atom. The monoisotopic (exact) mass is 194 g/mol. The highest BCUT2D eigenvalue weighted by molar-refractivity contribution is 5.72. The lowest BCUT2D eigenvalue weighted by Crippen LogP contribution is -2.30. The minimum atomic E-state index is -1.83. The molecular weight excluding hydrogens is 180 g/mol. The molecule has 7 nitrogen and oxygen atoms in total. The smallest absolute Gasteiger partial charge is 0.480 e. The van der Waals surface area contributed by atoms with Crippen LogP contribution in [0.5, 0.6) is 0 Å². The molecule has 0 aliphatic heterocycles. The third-order valence-corrected chi connectivity index (χ3v) is 1.04. The highest BCUT2D eigenvalue weighted by Gasteiger charge is 2.08. The molecule has 7 heteroatoms. The van der Waals surface area contributed by atoms with Crippen LogP contribution < -0.4 is 11.5 Å². The zero-order valence-corrected chi connectivity index (χ0v) is 7.01. The van der Waals surface area contributed by atoms with Gasteiger partial charge in [-0.15, -0.1) is 0 Å². The largest absolute Gasteiger partial charge is 0.503 e. The van der Waals surface area contributed by atoms with Gasteiger partial charge in [0, 0.05) is 0 Å². The number of carbonyl (C=O) groups is 2. The van der Waals surface area contributed by atoms with E-state index in [0.29, 0.717) is 19.4 Å². The average molecular weight is 194 g/mol. The first-order chi connectivity index (χ1) is 5.91. The van der Waals surface area contributed by atoms with Crippen molar-refractivity contribution in [3.8, 4) is 0 Å². The quantitative estimate of drug-likeness (QED) is 0.399. The van der Waals surface area contributed by atoms with Gasteiger partial charge in [-0.2, -0.15) is 0 Å². The summed E-state index contributed by atoms with van der Waals surface area (Å²) in [5, 5.41) is 22.2. The summed E-state index contributed by atoms with van der Waals surface area (Å²) >= 11 is 0. The Balaban J connectivity index is 0. The molecule has 0 saturated carbocycles. The predicted octanol–water partition coefficient (Wildman–Crippen LogP) is -0.640. The van der Waals surface area contributed by atoms with Crippen LogP contribution in [-0.4, -0.2) is 40.0 Å². The lowest BCUT2D eigenvalue weighted by Gasteiger charge is -2.02. The third kappa shape index (κ3) is 18.0. The van der Waals surface area contributed by atoms with Crippen molar-refractivity contribution in [1.82, 2.24) is 0 Å². The molecule has 0 aliphatic rings. The highest BCUT2D eigenvalue weighted by Crippen LogP contribution is 1.91. The summed E-state index contributed by atoms with van der Waals surface area (Å²) in [7, 11) is 0. The molecule has 78 valence electrons. The van der Waals surface area contributed by atoms with E-state index in [1.54, 1.807) is 0 Å². The van der Waals surface area contributed by atoms with E-state index in [9.17, 15) is 4.79 Å². The molecule has 13 heavy (non-hydrogen) atoms. The SMILES string of the molecule is NCCCC(N)C(=O)O.O=C(O)O. The van der Waals surface area contributed by atoms with Crippen LogP contribution in [0, 0.1) is 0 Å². The highest BCUT2D eigenvalue weighted by atomic mass is 16.6. The maximum Gasteiger partial charge on any atom is 0.503 e. The third-order valence-electron chi connectivity index (χ3n) is 1.04. The van der Waals surface area contributed by atoms with E-state index in [1.165, 1.54) is 0 Å². The summed E-state index contributed by atoms with van der Waals surface area (Å²) in [6.07, 6.45) is -0.695. The maximum atomic E-state index is 10.0. The van der Waals surface area contributed by atoms with E-state index in [-0.39, 0.29) is 0 Å². The van der Waals surface area contributed by atoms with Crippen LogP contribution in [0.25, 0.3) is 0 Å². The Kier molecular flexibility index (Phi) is 9.56. The second-order valence-electron chi connectivity index (χ2n) is 2.16. The fourth-order valence-electron chi connectivity index (χ4n) is 0.461.